The molecule has 3 nitrogen and oxygen atoms in total. The monoisotopic (exact) mass is 203 g/mol. The smallest absolute Gasteiger partial charge is 0.137 e. The second-order valence-corrected chi connectivity index (χ2v) is 3.72. The maximum absolute atomic E-state index is 5.71. The molecule has 0 unspecified atom stereocenters. The van der Waals surface area contributed by atoms with Gasteiger partial charge in [-0.05, 0) is 24.3 Å². The molecule has 0 saturated carbocycles. The van der Waals surface area contributed by atoms with E-state index in [1.165, 1.54) is 11.8 Å². The zero-order chi connectivity index (χ0) is 9.80. The molecule has 2 rings (SSSR count). The third-order valence-electron chi connectivity index (χ3n) is 1.65. The highest BCUT2D eigenvalue weighted by molar-refractivity contribution is 7.99. The van der Waals surface area contributed by atoms with Gasteiger partial charge < -0.3 is 5.73 Å². The average Bonchev–Trinajstić information content (AvgIpc) is 2.23. The third kappa shape index (κ3) is 2.03. The normalized spacial score (nSPS) is 10.0. The lowest BCUT2D eigenvalue weighted by molar-refractivity contribution is 1.13. The van der Waals surface area contributed by atoms with Crippen LogP contribution in [0.3, 0.4) is 0 Å². The molecule has 0 aliphatic carbocycles. The molecule has 2 N–H and O–H groups in total. The summed E-state index contributed by atoms with van der Waals surface area (Å²) in [7, 11) is 0. The van der Waals surface area contributed by atoms with Crippen molar-refractivity contribution in [2.75, 3.05) is 5.73 Å². The Morgan fingerprint density at radius 1 is 1.00 bits per heavy atom. The fourth-order valence-corrected chi connectivity index (χ4v) is 1.80. The summed E-state index contributed by atoms with van der Waals surface area (Å²) in [5, 5.41) is 0.923. The number of nitrogens with zero attached hydrogens (tertiary/aromatic N) is 2. The van der Waals surface area contributed by atoms with Crippen LogP contribution in [-0.2, 0) is 0 Å². The summed E-state index contributed by atoms with van der Waals surface area (Å²) in [4.78, 5) is 9.14. The summed E-state index contributed by atoms with van der Waals surface area (Å²) < 4.78 is 0. The maximum atomic E-state index is 5.71. The molecule has 2 aromatic heterocycles. The topological polar surface area (TPSA) is 51.8 Å². The van der Waals surface area contributed by atoms with E-state index >= 15 is 0 Å². The first-order valence-corrected chi connectivity index (χ1v) is 4.97. The van der Waals surface area contributed by atoms with Gasteiger partial charge in [-0.3, -0.25) is 0 Å². The van der Waals surface area contributed by atoms with Gasteiger partial charge in [0.25, 0.3) is 0 Å². The SMILES string of the molecule is Nc1ncccc1Sc1ccccn1. The number of anilines is 1. The van der Waals surface area contributed by atoms with Gasteiger partial charge in [-0.25, -0.2) is 9.97 Å². The van der Waals surface area contributed by atoms with Gasteiger partial charge in [0.2, 0.25) is 0 Å². The lowest BCUT2D eigenvalue weighted by Gasteiger charge is -2.02. The standard InChI is InChI=1S/C10H9N3S/c11-10-8(4-3-7-13-10)14-9-5-1-2-6-12-9/h1-7H,(H2,11,13). The van der Waals surface area contributed by atoms with Crippen LogP contribution in [0.1, 0.15) is 0 Å². The highest BCUT2D eigenvalue weighted by atomic mass is 32.2. The van der Waals surface area contributed by atoms with Gasteiger partial charge >= 0.3 is 0 Å². The minimum absolute atomic E-state index is 0.545. The molecule has 0 radical (unpaired) electrons. The molecule has 2 aromatic rings. The Labute approximate surface area is 86.4 Å². The van der Waals surface area contributed by atoms with Crippen LogP contribution in [0.25, 0.3) is 0 Å². The van der Waals surface area contributed by atoms with Crippen molar-refractivity contribution >= 4 is 17.6 Å². The quantitative estimate of drug-likeness (QED) is 0.813. The molecule has 0 bridgehead atoms. The summed E-state index contributed by atoms with van der Waals surface area (Å²) >= 11 is 1.52. The minimum Gasteiger partial charge on any atom is -0.383 e. The summed E-state index contributed by atoms with van der Waals surface area (Å²) in [6, 6.07) is 9.57. The minimum atomic E-state index is 0.545. The molecule has 70 valence electrons. The Morgan fingerprint density at radius 3 is 2.57 bits per heavy atom. The van der Waals surface area contributed by atoms with Crippen molar-refractivity contribution in [2.45, 2.75) is 9.92 Å². The van der Waals surface area contributed by atoms with E-state index < -0.39 is 0 Å². The van der Waals surface area contributed by atoms with Gasteiger partial charge in [0.05, 0.1) is 4.90 Å². The molecule has 0 aliphatic heterocycles. The number of aromatic nitrogens is 2. The molecule has 0 atom stereocenters. The summed E-state index contributed by atoms with van der Waals surface area (Å²) in [5.74, 6) is 0.545. The molecular weight excluding hydrogens is 194 g/mol. The summed E-state index contributed by atoms with van der Waals surface area (Å²) in [6.45, 7) is 0. The van der Waals surface area contributed by atoms with E-state index in [1.54, 1.807) is 12.4 Å². The molecule has 0 saturated heterocycles. The maximum Gasteiger partial charge on any atom is 0.137 e. The summed E-state index contributed by atoms with van der Waals surface area (Å²) in [6.07, 6.45) is 3.44. The Morgan fingerprint density at radius 2 is 1.86 bits per heavy atom. The molecule has 4 heteroatoms. The summed E-state index contributed by atoms with van der Waals surface area (Å²) in [5.41, 5.74) is 5.71. The van der Waals surface area contributed by atoms with Gasteiger partial charge in [-0.1, -0.05) is 17.8 Å². The van der Waals surface area contributed by atoms with Crippen molar-refractivity contribution in [1.29, 1.82) is 0 Å². The molecule has 2 heterocycles. The van der Waals surface area contributed by atoms with Gasteiger partial charge in [-0.2, -0.15) is 0 Å². The van der Waals surface area contributed by atoms with Crippen molar-refractivity contribution in [3.8, 4) is 0 Å². The number of hydrogen-bond donors (Lipinski definition) is 1. The Kier molecular flexibility index (Phi) is 2.65. The van der Waals surface area contributed by atoms with Crippen LogP contribution in [0.5, 0.6) is 0 Å². The van der Waals surface area contributed by atoms with Crippen LogP contribution in [0.15, 0.2) is 52.6 Å². The van der Waals surface area contributed by atoms with Crippen LogP contribution in [0.2, 0.25) is 0 Å². The lowest BCUT2D eigenvalue weighted by atomic mass is 10.5. The highest BCUT2D eigenvalue weighted by Gasteiger charge is 2.01. The largest absolute Gasteiger partial charge is 0.383 e. The first kappa shape index (κ1) is 9.02. The first-order chi connectivity index (χ1) is 6.86. The second-order valence-electron chi connectivity index (χ2n) is 2.66. The molecule has 14 heavy (non-hydrogen) atoms. The van der Waals surface area contributed by atoms with E-state index in [0.717, 1.165) is 9.92 Å². The Hall–Kier alpha value is -1.55. The lowest BCUT2D eigenvalue weighted by Crippen LogP contribution is -1.91. The van der Waals surface area contributed by atoms with Crippen LogP contribution in [-0.4, -0.2) is 9.97 Å². The van der Waals surface area contributed by atoms with E-state index in [-0.39, 0.29) is 0 Å². The van der Waals surface area contributed by atoms with Crippen molar-refractivity contribution in [3.63, 3.8) is 0 Å². The fourth-order valence-electron chi connectivity index (χ4n) is 1.01. The molecule has 0 fully saturated rings. The van der Waals surface area contributed by atoms with Crippen LogP contribution in [0.4, 0.5) is 5.82 Å². The molecule has 0 aromatic carbocycles. The van der Waals surface area contributed by atoms with Crippen molar-refractivity contribution < 1.29 is 0 Å². The number of nitrogen functional groups attached to an aromatic ring is 1. The first-order valence-electron chi connectivity index (χ1n) is 4.15. The number of rotatable bonds is 2. The Bertz CT molecular complexity index is 417. The number of hydrogen-bond acceptors (Lipinski definition) is 4. The fraction of sp³-hybridized carbons (Fsp3) is 0. The van der Waals surface area contributed by atoms with Crippen molar-refractivity contribution in [3.05, 3.63) is 42.7 Å². The average molecular weight is 203 g/mol. The van der Waals surface area contributed by atoms with Crippen molar-refractivity contribution in [1.82, 2.24) is 9.97 Å². The third-order valence-corrected chi connectivity index (χ3v) is 2.67. The van der Waals surface area contributed by atoms with E-state index in [0.29, 0.717) is 5.82 Å². The highest BCUT2D eigenvalue weighted by Crippen LogP contribution is 2.28. The predicted molar refractivity (Wildman–Crippen MR) is 57.0 cm³/mol. The van der Waals surface area contributed by atoms with E-state index in [1.807, 2.05) is 30.3 Å². The van der Waals surface area contributed by atoms with E-state index in [2.05, 4.69) is 9.97 Å². The van der Waals surface area contributed by atoms with Gasteiger partial charge in [0.1, 0.15) is 10.8 Å². The second kappa shape index (κ2) is 4.11. The zero-order valence-corrected chi connectivity index (χ0v) is 8.24. The molecule has 0 spiro atoms. The van der Waals surface area contributed by atoms with Crippen LogP contribution >= 0.6 is 11.8 Å². The Balaban J connectivity index is 2.24. The van der Waals surface area contributed by atoms with Gasteiger partial charge in [0, 0.05) is 12.4 Å². The van der Waals surface area contributed by atoms with Crippen LogP contribution < -0.4 is 5.73 Å². The number of pyridine rings is 2. The van der Waals surface area contributed by atoms with Crippen molar-refractivity contribution in [2.24, 2.45) is 0 Å². The van der Waals surface area contributed by atoms with Crippen LogP contribution in [0, 0.1) is 0 Å². The molecule has 0 aliphatic rings. The molecular formula is C10H9N3S. The van der Waals surface area contributed by atoms with E-state index in [9.17, 15) is 0 Å². The predicted octanol–water partition coefficient (Wildman–Crippen LogP) is 2.21. The van der Waals surface area contributed by atoms with Gasteiger partial charge in [-0.15, -0.1) is 0 Å². The number of nitrogens with two attached hydrogens (primary N) is 1. The van der Waals surface area contributed by atoms with E-state index in [4.69, 9.17) is 5.73 Å². The van der Waals surface area contributed by atoms with Gasteiger partial charge in [0.15, 0.2) is 0 Å². The molecule has 0 amide bonds. The zero-order valence-electron chi connectivity index (χ0n) is 7.42.